The molecule has 1 N–H and O–H groups in total. The molecule has 24 heavy (non-hydrogen) atoms. The van der Waals surface area contributed by atoms with E-state index in [1.165, 1.54) is 0 Å². The average Bonchev–Trinajstić information content (AvgIpc) is 2.98. The van der Waals surface area contributed by atoms with Gasteiger partial charge in [-0.2, -0.15) is 0 Å². The summed E-state index contributed by atoms with van der Waals surface area (Å²) in [5, 5.41) is 0.922. The van der Waals surface area contributed by atoms with Gasteiger partial charge in [0, 0.05) is 13.0 Å². The number of benzene rings is 2. The van der Waals surface area contributed by atoms with E-state index in [2.05, 4.69) is 9.71 Å². The van der Waals surface area contributed by atoms with Crippen LogP contribution in [0, 0.1) is 0 Å². The summed E-state index contributed by atoms with van der Waals surface area (Å²) in [6.07, 6.45) is 0.565. The van der Waals surface area contributed by atoms with E-state index < -0.39 is 10.0 Å². The van der Waals surface area contributed by atoms with Gasteiger partial charge in [-0.15, -0.1) is 11.3 Å². The van der Waals surface area contributed by atoms with E-state index in [1.54, 1.807) is 35.6 Å². The lowest BCUT2D eigenvalue weighted by atomic mass is 10.3. The molecule has 0 radical (unpaired) electrons. The quantitative estimate of drug-likeness (QED) is 0.701. The molecule has 0 fully saturated rings. The Hall–Kier alpha value is -1.96. The number of nitrogens with zero attached hydrogens (tertiary/aromatic N) is 1. The standard InChI is InChI=1S/C17H18N2O3S2/c1-2-22-13-7-9-14(10-8-13)24(20,21)18-12-11-17-19-15-5-3-4-6-16(15)23-17/h3-10,18H,2,11-12H2,1H3. The van der Waals surface area contributed by atoms with Crippen LogP contribution in [0.2, 0.25) is 0 Å². The first-order valence-corrected chi connectivity index (χ1v) is 9.95. The first-order chi connectivity index (χ1) is 11.6. The SMILES string of the molecule is CCOc1ccc(S(=O)(=O)NCCc2nc3ccccc3s2)cc1. The molecule has 3 rings (SSSR count). The summed E-state index contributed by atoms with van der Waals surface area (Å²) in [7, 11) is -3.52. The number of rotatable bonds is 7. The van der Waals surface area contributed by atoms with Gasteiger partial charge in [-0.1, -0.05) is 12.1 Å². The molecule has 0 amide bonds. The molecular formula is C17H18N2O3S2. The van der Waals surface area contributed by atoms with Crippen molar-refractivity contribution in [3.05, 3.63) is 53.5 Å². The van der Waals surface area contributed by atoms with E-state index >= 15 is 0 Å². The fourth-order valence-electron chi connectivity index (χ4n) is 2.28. The van der Waals surface area contributed by atoms with Gasteiger partial charge in [0.15, 0.2) is 0 Å². The molecule has 0 spiro atoms. The van der Waals surface area contributed by atoms with Crippen molar-refractivity contribution in [3.63, 3.8) is 0 Å². The van der Waals surface area contributed by atoms with Crippen LogP contribution in [0.15, 0.2) is 53.4 Å². The lowest BCUT2D eigenvalue weighted by Gasteiger charge is -2.07. The summed E-state index contributed by atoms with van der Waals surface area (Å²) < 4.78 is 33.6. The number of hydrogen-bond acceptors (Lipinski definition) is 5. The molecule has 0 aliphatic heterocycles. The van der Waals surface area contributed by atoms with Gasteiger partial charge in [-0.05, 0) is 43.3 Å². The number of hydrogen-bond donors (Lipinski definition) is 1. The second-order valence-electron chi connectivity index (χ2n) is 5.13. The minimum atomic E-state index is -3.52. The molecule has 1 aromatic heterocycles. The van der Waals surface area contributed by atoms with Crippen LogP contribution in [0.5, 0.6) is 5.75 Å². The number of nitrogens with one attached hydrogen (secondary N) is 1. The highest BCUT2D eigenvalue weighted by atomic mass is 32.2. The smallest absolute Gasteiger partial charge is 0.240 e. The molecule has 126 valence electrons. The topological polar surface area (TPSA) is 68.3 Å². The maximum absolute atomic E-state index is 12.3. The fraction of sp³-hybridized carbons (Fsp3) is 0.235. The molecule has 0 aliphatic carbocycles. The van der Waals surface area contributed by atoms with Crippen LogP contribution in [0.1, 0.15) is 11.9 Å². The van der Waals surface area contributed by atoms with Crippen molar-refractivity contribution in [1.82, 2.24) is 9.71 Å². The van der Waals surface area contributed by atoms with Crippen molar-refractivity contribution in [2.45, 2.75) is 18.2 Å². The largest absolute Gasteiger partial charge is 0.494 e. The van der Waals surface area contributed by atoms with Crippen LogP contribution in [-0.2, 0) is 16.4 Å². The van der Waals surface area contributed by atoms with E-state index in [1.807, 2.05) is 31.2 Å². The van der Waals surface area contributed by atoms with Crippen LogP contribution in [-0.4, -0.2) is 26.6 Å². The van der Waals surface area contributed by atoms with Crippen LogP contribution >= 0.6 is 11.3 Å². The normalized spacial score (nSPS) is 11.7. The van der Waals surface area contributed by atoms with E-state index in [0.717, 1.165) is 15.2 Å². The lowest BCUT2D eigenvalue weighted by Crippen LogP contribution is -2.25. The van der Waals surface area contributed by atoms with Gasteiger partial charge in [0.25, 0.3) is 0 Å². The predicted molar refractivity (Wildman–Crippen MR) is 96.1 cm³/mol. The van der Waals surface area contributed by atoms with Crippen molar-refractivity contribution in [2.24, 2.45) is 0 Å². The Kier molecular flexibility index (Phi) is 5.13. The van der Waals surface area contributed by atoms with E-state index in [0.29, 0.717) is 25.3 Å². The number of ether oxygens (including phenoxy) is 1. The van der Waals surface area contributed by atoms with Gasteiger partial charge < -0.3 is 4.74 Å². The average molecular weight is 362 g/mol. The molecule has 7 heteroatoms. The molecule has 0 saturated heterocycles. The predicted octanol–water partition coefficient (Wildman–Crippen LogP) is 3.22. The third-order valence-corrected chi connectivity index (χ3v) is 5.99. The Morgan fingerprint density at radius 2 is 1.88 bits per heavy atom. The van der Waals surface area contributed by atoms with Gasteiger partial charge >= 0.3 is 0 Å². The number of fused-ring (bicyclic) bond motifs is 1. The fourth-order valence-corrected chi connectivity index (χ4v) is 4.28. The molecule has 0 bridgehead atoms. The third-order valence-electron chi connectivity index (χ3n) is 3.41. The Balaban J connectivity index is 1.62. The Bertz CT molecular complexity index is 885. The monoisotopic (exact) mass is 362 g/mol. The Labute approximate surface area is 145 Å². The first-order valence-electron chi connectivity index (χ1n) is 7.65. The first kappa shape index (κ1) is 16.9. The zero-order valence-corrected chi connectivity index (χ0v) is 14.9. The van der Waals surface area contributed by atoms with Crippen LogP contribution < -0.4 is 9.46 Å². The van der Waals surface area contributed by atoms with Crippen molar-refractivity contribution in [3.8, 4) is 5.75 Å². The van der Waals surface area contributed by atoms with Crippen LogP contribution in [0.3, 0.4) is 0 Å². The maximum atomic E-state index is 12.3. The molecule has 5 nitrogen and oxygen atoms in total. The highest BCUT2D eigenvalue weighted by Gasteiger charge is 2.14. The van der Waals surface area contributed by atoms with Crippen molar-refractivity contribution < 1.29 is 13.2 Å². The molecule has 0 atom stereocenters. The molecule has 2 aromatic carbocycles. The minimum Gasteiger partial charge on any atom is -0.494 e. The molecule has 0 saturated carbocycles. The van der Waals surface area contributed by atoms with E-state index in [-0.39, 0.29) is 4.90 Å². The van der Waals surface area contributed by atoms with Gasteiger partial charge in [-0.25, -0.2) is 18.1 Å². The van der Waals surface area contributed by atoms with E-state index in [4.69, 9.17) is 4.74 Å². The molecule has 3 aromatic rings. The molecular weight excluding hydrogens is 344 g/mol. The summed E-state index contributed by atoms with van der Waals surface area (Å²) in [5.41, 5.74) is 0.951. The molecule has 0 aliphatic rings. The minimum absolute atomic E-state index is 0.232. The second-order valence-corrected chi connectivity index (χ2v) is 8.01. The second kappa shape index (κ2) is 7.29. The third kappa shape index (κ3) is 3.92. The van der Waals surface area contributed by atoms with Crippen LogP contribution in [0.4, 0.5) is 0 Å². The number of sulfonamides is 1. The van der Waals surface area contributed by atoms with Gasteiger partial charge in [0.1, 0.15) is 5.75 Å². The zero-order chi connectivity index (χ0) is 17.0. The van der Waals surface area contributed by atoms with Crippen molar-refractivity contribution >= 4 is 31.6 Å². The summed E-state index contributed by atoms with van der Waals surface area (Å²) in [6.45, 7) is 2.75. The van der Waals surface area contributed by atoms with Crippen LogP contribution in [0.25, 0.3) is 10.2 Å². The summed E-state index contributed by atoms with van der Waals surface area (Å²) in [5.74, 6) is 0.658. The number of thiazole rings is 1. The maximum Gasteiger partial charge on any atom is 0.240 e. The number of para-hydroxylation sites is 1. The molecule has 0 unspecified atom stereocenters. The van der Waals surface area contributed by atoms with Gasteiger partial charge in [0.05, 0.1) is 26.7 Å². The summed E-state index contributed by atoms with van der Waals surface area (Å²) in [4.78, 5) is 4.74. The number of aromatic nitrogens is 1. The van der Waals surface area contributed by atoms with Gasteiger partial charge in [0.2, 0.25) is 10.0 Å². The van der Waals surface area contributed by atoms with Crippen molar-refractivity contribution in [2.75, 3.05) is 13.2 Å². The lowest BCUT2D eigenvalue weighted by molar-refractivity contribution is 0.340. The van der Waals surface area contributed by atoms with E-state index in [9.17, 15) is 8.42 Å². The molecule has 1 heterocycles. The highest BCUT2D eigenvalue weighted by Crippen LogP contribution is 2.22. The summed E-state index contributed by atoms with van der Waals surface area (Å²) >= 11 is 1.59. The highest BCUT2D eigenvalue weighted by molar-refractivity contribution is 7.89. The zero-order valence-electron chi connectivity index (χ0n) is 13.2. The Morgan fingerprint density at radius 3 is 2.58 bits per heavy atom. The van der Waals surface area contributed by atoms with Gasteiger partial charge in [-0.3, -0.25) is 0 Å². The van der Waals surface area contributed by atoms with Crippen molar-refractivity contribution in [1.29, 1.82) is 0 Å². The summed E-state index contributed by atoms with van der Waals surface area (Å²) in [6, 6.07) is 14.3. The Morgan fingerprint density at radius 1 is 1.12 bits per heavy atom.